The molecule has 1 aliphatic heterocycles. The third-order valence-corrected chi connectivity index (χ3v) is 3.42. The minimum absolute atomic E-state index is 0. The van der Waals surface area contributed by atoms with E-state index in [0.717, 1.165) is 23.7 Å². The van der Waals surface area contributed by atoms with Gasteiger partial charge >= 0.3 is 0 Å². The lowest BCUT2D eigenvalue weighted by molar-refractivity contribution is 0.0760. The van der Waals surface area contributed by atoms with Gasteiger partial charge in [-0.05, 0) is 25.0 Å². The first-order valence-electron chi connectivity index (χ1n) is 6.08. The number of nitrogens with one attached hydrogen (secondary N) is 1. The molecule has 2 heterocycles. The number of halogens is 1. The topological polar surface area (TPSA) is 59.9 Å². The van der Waals surface area contributed by atoms with Gasteiger partial charge in [0.15, 0.2) is 0 Å². The molecule has 1 atom stereocenters. The predicted molar refractivity (Wildman–Crippen MR) is 75.2 cm³/mol. The molecular formula is C14H14ClN3O. The third-order valence-electron chi connectivity index (χ3n) is 3.42. The summed E-state index contributed by atoms with van der Waals surface area (Å²) in [6, 6.07) is 11.6. The highest BCUT2D eigenvalue weighted by Crippen LogP contribution is 2.21. The predicted octanol–water partition coefficient (Wildman–Crippen LogP) is 2.72. The highest BCUT2D eigenvalue weighted by atomic mass is 35.5. The van der Waals surface area contributed by atoms with Crippen molar-refractivity contribution in [1.82, 2.24) is 9.88 Å². The minimum Gasteiger partial charge on any atom is -0.351 e. The Bertz CT molecular complexity index is 610. The number of likely N-dealkylation sites (tertiary alicyclic amines) is 1. The van der Waals surface area contributed by atoms with Crippen LogP contribution in [-0.4, -0.2) is 28.4 Å². The van der Waals surface area contributed by atoms with Crippen LogP contribution in [-0.2, 0) is 0 Å². The number of H-pyrrole nitrogens is 1. The molecular weight excluding hydrogens is 262 g/mol. The van der Waals surface area contributed by atoms with E-state index in [2.05, 4.69) is 11.1 Å². The van der Waals surface area contributed by atoms with E-state index in [1.165, 1.54) is 0 Å². The Morgan fingerprint density at radius 3 is 2.95 bits per heavy atom. The van der Waals surface area contributed by atoms with Gasteiger partial charge in [0.05, 0.1) is 6.07 Å². The summed E-state index contributed by atoms with van der Waals surface area (Å²) >= 11 is 0. The Morgan fingerprint density at radius 2 is 2.21 bits per heavy atom. The third kappa shape index (κ3) is 2.29. The Morgan fingerprint density at radius 1 is 1.42 bits per heavy atom. The summed E-state index contributed by atoms with van der Waals surface area (Å²) in [5, 5.41) is 10.0. The first kappa shape index (κ1) is 13.4. The van der Waals surface area contributed by atoms with Gasteiger partial charge in [0.25, 0.3) is 5.91 Å². The number of amides is 1. The molecule has 3 rings (SSSR count). The highest BCUT2D eigenvalue weighted by Gasteiger charge is 2.29. The maximum Gasteiger partial charge on any atom is 0.271 e. The van der Waals surface area contributed by atoms with Gasteiger partial charge in [0.2, 0.25) is 0 Å². The highest BCUT2D eigenvalue weighted by molar-refractivity contribution is 5.98. The molecule has 0 bridgehead atoms. The van der Waals surface area contributed by atoms with E-state index in [0.29, 0.717) is 12.2 Å². The second-order valence-corrected chi connectivity index (χ2v) is 4.56. The molecule has 1 aliphatic rings. The van der Waals surface area contributed by atoms with Gasteiger partial charge in [0.1, 0.15) is 11.7 Å². The van der Waals surface area contributed by atoms with Crippen LogP contribution in [0.15, 0.2) is 30.3 Å². The van der Waals surface area contributed by atoms with Gasteiger partial charge in [0, 0.05) is 17.4 Å². The van der Waals surface area contributed by atoms with E-state index in [9.17, 15) is 4.79 Å². The fourth-order valence-corrected chi connectivity index (χ4v) is 2.49. The number of carbonyl (C=O) groups excluding carboxylic acids is 1. The van der Waals surface area contributed by atoms with Gasteiger partial charge in [-0.25, -0.2) is 0 Å². The molecule has 1 aromatic carbocycles. The largest absolute Gasteiger partial charge is 0.351 e. The maximum atomic E-state index is 12.3. The van der Waals surface area contributed by atoms with Crippen LogP contribution in [0.5, 0.6) is 0 Å². The fourth-order valence-electron chi connectivity index (χ4n) is 2.49. The van der Waals surface area contributed by atoms with Crippen LogP contribution >= 0.6 is 12.4 Å². The van der Waals surface area contributed by atoms with Crippen molar-refractivity contribution < 1.29 is 4.79 Å². The summed E-state index contributed by atoms with van der Waals surface area (Å²) in [6.07, 6.45) is 1.69. The van der Waals surface area contributed by atoms with Crippen molar-refractivity contribution in [3.05, 3.63) is 36.0 Å². The van der Waals surface area contributed by atoms with Crippen molar-refractivity contribution in [2.45, 2.75) is 18.9 Å². The monoisotopic (exact) mass is 275 g/mol. The molecule has 1 saturated heterocycles. The number of aromatic amines is 1. The Kier molecular flexibility index (Phi) is 3.77. The minimum atomic E-state index is -0.274. The van der Waals surface area contributed by atoms with Crippen molar-refractivity contribution in [3.8, 4) is 6.07 Å². The van der Waals surface area contributed by atoms with Crippen LogP contribution in [0.1, 0.15) is 23.3 Å². The van der Waals surface area contributed by atoms with Gasteiger partial charge in [-0.1, -0.05) is 18.2 Å². The lowest BCUT2D eigenvalue weighted by atomic mass is 10.2. The van der Waals surface area contributed by atoms with Crippen molar-refractivity contribution in [2.75, 3.05) is 6.54 Å². The van der Waals surface area contributed by atoms with Crippen molar-refractivity contribution in [3.63, 3.8) is 0 Å². The zero-order chi connectivity index (χ0) is 12.5. The SMILES string of the molecule is Cl.N#C[C@@H]1CCCN1C(=O)c1cc2ccccc2[nH]1. The maximum absolute atomic E-state index is 12.3. The second-order valence-electron chi connectivity index (χ2n) is 4.56. The Balaban J connectivity index is 0.00000133. The van der Waals surface area contributed by atoms with Gasteiger partial charge < -0.3 is 9.88 Å². The van der Waals surface area contributed by atoms with E-state index in [1.807, 2.05) is 30.3 Å². The molecule has 0 spiro atoms. The van der Waals surface area contributed by atoms with Crippen molar-refractivity contribution in [2.24, 2.45) is 0 Å². The number of para-hydroxylation sites is 1. The lowest BCUT2D eigenvalue weighted by Gasteiger charge is -2.18. The van der Waals surface area contributed by atoms with E-state index in [1.54, 1.807) is 4.90 Å². The van der Waals surface area contributed by atoms with E-state index in [-0.39, 0.29) is 24.4 Å². The lowest BCUT2D eigenvalue weighted by Crippen LogP contribution is -2.34. The Labute approximate surface area is 117 Å². The number of carbonyl (C=O) groups is 1. The number of hydrogen-bond donors (Lipinski definition) is 1. The van der Waals surface area contributed by atoms with Gasteiger partial charge in [-0.3, -0.25) is 4.79 Å². The van der Waals surface area contributed by atoms with Gasteiger partial charge in [-0.15, -0.1) is 12.4 Å². The summed E-state index contributed by atoms with van der Waals surface area (Å²) in [4.78, 5) is 17.1. The Hall–Kier alpha value is -1.99. The fraction of sp³-hybridized carbons (Fsp3) is 0.286. The van der Waals surface area contributed by atoms with Crippen LogP contribution in [0, 0.1) is 11.3 Å². The molecule has 1 amide bonds. The van der Waals surface area contributed by atoms with Crippen LogP contribution in [0.3, 0.4) is 0 Å². The molecule has 0 unspecified atom stereocenters. The normalized spacial score (nSPS) is 18.1. The average Bonchev–Trinajstić information content (AvgIpc) is 3.03. The molecule has 0 radical (unpaired) electrons. The standard InChI is InChI=1S/C14H13N3O.ClH/c15-9-11-5-3-7-17(11)14(18)13-8-10-4-1-2-6-12(10)16-13;/h1-2,4,6,8,11,16H,3,5,7H2;1H/t11-;/m0./s1. The molecule has 2 aromatic rings. The summed E-state index contributed by atoms with van der Waals surface area (Å²) in [7, 11) is 0. The van der Waals surface area contributed by atoms with Crippen molar-refractivity contribution in [1.29, 1.82) is 5.26 Å². The molecule has 98 valence electrons. The first-order valence-corrected chi connectivity index (χ1v) is 6.08. The summed E-state index contributed by atoms with van der Waals surface area (Å²) in [6.45, 7) is 0.673. The molecule has 0 saturated carbocycles. The molecule has 1 aromatic heterocycles. The number of benzene rings is 1. The first-order chi connectivity index (χ1) is 8.79. The summed E-state index contributed by atoms with van der Waals surface area (Å²) < 4.78 is 0. The van der Waals surface area contributed by atoms with Crippen LogP contribution < -0.4 is 0 Å². The molecule has 4 nitrogen and oxygen atoms in total. The average molecular weight is 276 g/mol. The molecule has 1 N–H and O–H groups in total. The molecule has 19 heavy (non-hydrogen) atoms. The molecule has 1 fully saturated rings. The molecule has 5 heteroatoms. The smallest absolute Gasteiger partial charge is 0.271 e. The van der Waals surface area contributed by atoms with Crippen LogP contribution in [0.4, 0.5) is 0 Å². The number of rotatable bonds is 1. The van der Waals surface area contributed by atoms with E-state index < -0.39 is 0 Å². The summed E-state index contributed by atoms with van der Waals surface area (Å²) in [5.41, 5.74) is 1.52. The summed E-state index contributed by atoms with van der Waals surface area (Å²) in [5.74, 6) is -0.0738. The van der Waals surface area contributed by atoms with Crippen LogP contribution in [0.25, 0.3) is 10.9 Å². The van der Waals surface area contributed by atoms with E-state index in [4.69, 9.17) is 5.26 Å². The number of fused-ring (bicyclic) bond motifs is 1. The number of nitrogens with zero attached hydrogens (tertiary/aromatic N) is 2. The zero-order valence-electron chi connectivity index (χ0n) is 10.3. The van der Waals surface area contributed by atoms with Crippen molar-refractivity contribution >= 4 is 29.2 Å². The number of nitriles is 1. The number of hydrogen-bond acceptors (Lipinski definition) is 2. The quantitative estimate of drug-likeness (QED) is 0.870. The second kappa shape index (κ2) is 5.33. The molecule has 0 aliphatic carbocycles. The zero-order valence-corrected chi connectivity index (χ0v) is 11.1. The number of aromatic nitrogens is 1. The van der Waals surface area contributed by atoms with E-state index >= 15 is 0 Å². The van der Waals surface area contributed by atoms with Gasteiger partial charge in [-0.2, -0.15) is 5.26 Å². The van der Waals surface area contributed by atoms with Crippen LogP contribution in [0.2, 0.25) is 0 Å².